The molecule has 9 nitrogen and oxygen atoms in total. The predicted molar refractivity (Wildman–Crippen MR) is 131 cm³/mol. The molecule has 36 heavy (non-hydrogen) atoms. The molecule has 0 unspecified atom stereocenters. The highest BCUT2D eigenvalue weighted by atomic mass is 19.1. The van der Waals surface area contributed by atoms with Gasteiger partial charge >= 0.3 is 0 Å². The first-order valence-electron chi connectivity index (χ1n) is 12.1. The number of anilines is 1. The molecule has 0 spiro atoms. The summed E-state index contributed by atoms with van der Waals surface area (Å²) in [7, 11) is 0. The largest absolute Gasteiger partial charge is 0.393 e. The average Bonchev–Trinajstić information content (AvgIpc) is 3.39. The number of rotatable bonds is 5. The first-order valence-corrected chi connectivity index (χ1v) is 12.1. The molecule has 2 N–H and O–H groups in total. The molecule has 2 aromatic heterocycles. The number of benzene rings is 1. The minimum absolute atomic E-state index is 0.0261. The van der Waals surface area contributed by atoms with Gasteiger partial charge in [0.25, 0.3) is 5.91 Å². The van der Waals surface area contributed by atoms with Crippen molar-refractivity contribution in [2.45, 2.75) is 64.6 Å². The number of aryl methyl sites for hydroxylation is 1. The van der Waals surface area contributed by atoms with E-state index in [9.17, 15) is 19.1 Å². The van der Waals surface area contributed by atoms with Crippen molar-refractivity contribution in [2.75, 3.05) is 11.9 Å². The van der Waals surface area contributed by atoms with E-state index in [0.29, 0.717) is 24.5 Å². The molecule has 188 valence electrons. The summed E-state index contributed by atoms with van der Waals surface area (Å²) in [6, 6.07) is 8.07. The maximum Gasteiger partial charge on any atom is 0.259 e. The van der Waals surface area contributed by atoms with Crippen LogP contribution in [0.25, 0.3) is 11.5 Å². The molecule has 0 saturated carbocycles. The van der Waals surface area contributed by atoms with Gasteiger partial charge in [-0.1, -0.05) is 6.07 Å². The number of aromatic nitrogens is 4. The molecule has 0 radical (unpaired) electrons. The molecule has 2 aliphatic heterocycles. The fourth-order valence-corrected chi connectivity index (χ4v) is 4.97. The fraction of sp³-hybridized carbons (Fsp3) is 0.423. The molecule has 0 bridgehead atoms. The van der Waals surface area contributed by atoms with Crippen molar-refractivity contribution < 1.29 is 19.1 Å². The minimum Gasteiger partial charge on any atom is -0.393 e. The van der Waals surface area contributed by atoms with Gasteiger partial charge in [-0.05, 0) is 69.0 Å². The van der Waals surface area contributed by atoms with Crippen LogP contribution in [0.2, 0.25) is 0 Å². The van der Waals surface area contributed by atoms with Crippen LogP contribution in [0.3, 0.4) is 0 Å². The lowest BCUT2D eigenvalue weighted by Gasteiger charge is -2.29. The highest BCUT2D eigenvalue weighted by Crippen LogP contribution is 2.35. The molecule has 0 saturated heterocycles. The molecule has 2 aliphatic rings. The van der Waals surface area contributed by atoms with Gasteiger partial charge in [-0.25, -0.2) is 9.37 Å². The Hall–Kier alpha value is -3.66. The molecule has 5 rings (SSSR count). The summed E-state index contributed by atoms with van der Waals surface area (Å²) in [5.74, 6) is 0.392. The quantitative estimate of drug-likeness (QED) is 0.566. The van der Waals surface area contributed by atoms with Gasteiger partial charge in [0.1, 0.15) is 23.2 Å². The van der Waals surface area contributed by atoms with Gasteiger partial charge in [-0.2, -0.15) is 0 Å². The summed E-state index contributed by atoms with van der Waals surface area (Å²) < 4.78 is 17.0. The average molecular weight is 493 g/mol. The molecular weight excluding hydrogens is 463 g/mol. The molecule has 4 heterocycles. The Bertz CT molecular complexity index is 1350. The van der Waals surface area contributed by atoms with Crippen LogP contribution in [-0.2, 0) is 29.7 Å². The standard InChI is InChI=1S/C26H29FN6O3/c1-15(34)11-23(35)32-10-8-16-13-19(27)18(12-17(16)14-32)25(36)29-21-6-4-5-20(28-21)24-31-30-22-7-9-26(2,3)33(22)24/h4-6,12-13,15,34H,7-11,14H2,1-3H3,(H,28,29,36)/t15-/m0/s1. The third kappa shape index (κ3) is 4.48. The summed E-state index contributed by atoms with van der Waals surface area (Å²) in [6.45, 7) is 6.53. The van der Waals surface area contributed by atoms with Crippen molar-refractivity contribution in [1.82, 2.24) is 24.6 Å². The monoisotopic (exact) mass is 492 g/mol. The Kier molecular flexibility index (Phi) is 6.07. The molecular formula is C26H29FN6O3. The molecule has 0 fully saturated rings. The van der Waals surface area contributed by atoms with Crippen LogP contribution in [0.5, 0.6) is 0 Å². The van der Waals surface area contributed by atoms with Crippen LogP contribution in [0.15, 0.2) is 30.3 Å². The summed E-state index contributed by atoms with van der Waals surface area (Å²) >= 11 is 0. The molecule has 10 heteroatoms. The van der Waals surface area contributed by atoms with Crippen molar-refractivity contribution in [1.29, 1.82) is 0 Å². The molecule has 0 aliphatic carbocycles. The van der Waals surface area contributed by atoms with E-state index in [2.05, 4.69) is 38.9 Å². The van der Waals surface area contributed by atoms with Gasteiger partial charge in [0.15, 0.2) is 5.82 Å². The van der Waals surface area contributed by atoms with E-state index in [-0.39, 0.29) is 35.8 Å². The maximum atomic E-state index is 14.9. The number of aliphatic hydroxyl groups is 1. The second kappa shape index (κ2) is 9.09. The number of carbonyl (C=O) groups excluding carboxylic acids is 2. The Morgan fingerprint density at radius 3 is 2.78 bits per heavy atom. The maximum absolute atomic E-state index is 14.9. The van der Waals surface area contributed by atoms with Crippen LogP contribution < -0.4 is 5.32 Å². The number of amides is 2. The van der Waals surface area contributed by atoms with Gasteiger partial charge < -0.3 is 19.9 Å². The highest BCUT2D eigenvalue weighted by Gasteiger charge is 2.34. The van der Waals surface area contributed by atoms with Crippen LogP contribution in [0.4, 0.5) is 10.2 Å². The zero-order valence-corrected chi connectivity index (χ0v) is 20.6. The second-order valence-electron chi connectivity index (χ2n) is 10.2. The van der Waals surface area contributed by atoms with Crippen LogP contribution in [-0.4, -0.2) is 54.2 Å². The number of aliphatic hydroxyl groups excluding tert-OH is 1. The topological polar surface area (TPSA) is 113 Å². The van der Waals surface area contributed by atoms with Crippen molar-refractivity contribution in [3.05, 3.63) is 58.7 Å². The SMILES string of the molecule is C[C@H](O)CC(=O)N1CCc2cc(F)c(C(=O)Nc3cccc(-c4nnc5n4C(C)(C)CC5)n3)cc2C1. The van der Waals surface area contributed by atoms with Gasteiger partial charge in [0.05, 0.1) is 18.1 Å². The number of carbonyl (C=O) groups is 2. The predicted octanol–water partition coefficient (Wildman–Crippen LogP) is 3.07. The third-order valence-corrected chi connectivity index (χ3v) is 6.88. The van der Waals surface area contributed by atoms with Crippen molar-refractivity contribution in [2.24, 2.45) is 0 Å². The number of nitrogens with zero attached hydrogens (tertiary/aromatic N) is 5. The van der Waals surface area contributed by atoms with E-state index < -0.39 is 17.8 Å². The fourth-order valence-electron chi connectivity index (χ4n) is 4.97. The van der Waals surface area contributed by atoms with Gasteiger partial charge in [0, 0.05) is 25.0 Å². The summed E-state index contributed by atoms with van der Waals surface area (Å²) in [4.78, 5) is 31.6. The third-order valence-electron chi connectivity index (χ3n) is 6.88. The zero-order chi connectivity index (χ0) is 25.6. The smallest absolute Gasteiger partial charge is 0.259 e. The molecule has 2 amide bonds. The van der Waals surface area contributed by atoms with Gasteiger partial charge in [0.2, 0.25) is 5.91 Å². The summed E-state index contributed by atoms with van der Waals surface area (Å²) in [6.07, 6.45) is 1.58. The molecule has 1 aromatic carbocycles. The Morgan fingerprint density at radius 1 is 1.19 bits per heavy atom. The van der Waals surface area contributed by atoms with E-state index in [1.807, 2.05) is 0 Å². The lowest BCUT2D eigenvalue weighted by atomic mass is 9.96. The van der Waals surface area contributed by atoms with Crippen molar-refractivity contribution in [3.8, 4) is 11.5 Å². The van der Waals surface area contributed by atoms with E-state index in [4.69, 9.17) is 0 Å². The summed E-state index contributed by atoms with van der Waals surface area (Å²) in [5, 5.41) is 20.8. The minimum atomic E-state index is -0.735. The van der Waals surface area contributed by atoms with Crippen LogP contribution in [0.1, 0.15) is 60.9 Å². The number of hydrogen-bond acceptors (Lipinski definition) is 6. The Morgan fingerprint density at radius 2 is 2.00 bits per heavy atom. The molecule has 3 aromatic rings. The zero-order valence-electron chi connectivity index (χ0n) is 20.6. The summed E-state index contributed by atoms with van der Waals surface area (Å²) in [5.41, 5.74) is 1.81. The first kappa shape index (κ1) is 24.1. The number of pyridine rings is 1. The highest BCUT2D eigenvalue weighted by molar-refractivity contribution is 6.04. The Balaban J connectivity index is 1.37. The van der Waals surface area contributed by atoms with E-state index in [1.165, 1.54) is 12.1 Å². The molecule has 1 atom stereocenters. The lowest BCUT2D eigenvalue weighted by molar-refractivity contribution is -0.133. The van der Waals surface area contributed by atoms with E-state index >= 15 is 0 Å². The van der Waals surface area contributed by atoms with Gasteiger partial charge in [-0.3, -0.25) is 9.59 Å². The van der Waals surface area contributed by atoms with Gasteiger partial charge in [-0.15, -0.1) is 10.2 Å². The van der Waals surface area contributed by atoms with E-state index in [1.54, 1.807) is 30.0 Å². The van der Waals surface area contributed by atoms with Crippen LogP contribution >= 0.6 is 0 Å². The number of nitrogens with one attached hydrogen (secondary N) is 1. The lowest BCUT2D eigenvalue weighted by Crippen LogP contribution is -2.37. The van der Waals surface area contributed by atoms with Crippen LogP contribution in [0, 0.1) is 5.82 Å². The first-order chi connectivity index (χ1) is 17.1. The van der Waals surface area contributed by atoms with Crippen molar-refractivity contribution in [3.63, 3.8) is 0 Å². The number of fused-ring (bicyclic) bond motifs is 2. The number of halogens is 1. The number of hydrogen-bond donors (Lipinski definition) is 2. The van der Waals surface area contributed by atoms with Crippen molar-refractivity contribution >= 4 is 17.6 Å². The Labute approximate surface area is 208 Å². The second-order valence-corrected chi connectivity index (χ2v) is 10.2. The normalized spacial score (nSPS) is 16.9. The van der Waals surface area contributed by atoms with E-state index in [0.717, 1.165) is 29.8 Å².